The highest BCUT2D eigenvalue weighted by Crippen LogP contribution is 2.57. The smallest absolute Gasteiger partial charge is 0.493 e. The van der Waals surface area contributed by atoms with Crippen LogP contribution < -0.4 is 23.7 Å². The molecule has 8 rings (SSSR count). The predicted octanol–water partition coefficient (Wildman–Crippen LogP) is 3.47. The zero-order chi connectivity index (χ0) is 39.3. The maximum absolute atomic E-state index is 13.8. The molecular weight excluding hydrogens is 763 g/mol. The lowest BCUT2D eigenvalue weighted by Gasteiger charge is -2.48. The first-order chi connectivity index (χ1) is 26.9. The Morgan fingerprint density at radius 1 is 0.929 bits per heavy atom. The summed E-state index contributed by atoms with van der Waals surface area (Å²) in [6.45, 7) is 1.34. The predicted molar refractivity (Wildman–Crippen MR) is 185 cm³/mol. The summed E-state index contributed by atoms with van der Waals surface area (Å²) in [5, 5.41) is 11.5. The fourth-order valence-electron chi connectivity index (χ4n) is 7.92. The molecule has 18 nitrogen and oxygen atoms in total. The van der Waals surface area contributed by atoms with Crippen molar-refractivity contribution in [2.24, 2.45) is 11.8 Å². The minimum Gasteiger partial charge on any atom is -0.493 e. The number of phosphoric acid groups is 1. The Balaban J connectivity index is 1.15. The van der Waals surface area contributed by atoms with Crippen LogP contribution in [0, 0.1) is 11.8 Å². The lowest BCUT2D eigenvalue weighted by Crippen LogP contribution is -2.63. The first kappa shape index (κ1) is 38.4. The Labute approximate surface area is 319 Å². The van der Waals surface area contributed by atoms with Crippen molar-refractivity contribution in [1.29, 1.82) is 0 Å². The Kier molecular flexibility index (Phi) is 10.6. The van der Waals surface area contributed by atoms with Crippen LogP contribution in [0.5, 0.6) is 28.7 Å². The fourth-order valence-corrected chi connectivity index (χ4v) is 8.48. The van der Waals surface area contributed by atoms with E-state index in [1.165, 1.54) is 14.2 Å². The highest BCUT2D eigenvalue weighted by molar-refractivity contribution is 7.46. The molecule has 19 heteroatoms. The number of aliphatic hydroxyl groups is 1. The van der Waals surface area contributed by atoms with E-state index in [1.807, 2.05) is 18.2 Å². The molecule has 1 aliphatic carbocycles. The topological polar surface area (TPSA) is 223 Å². The normalized spacial score (nSPS) is 30.4. The Bertz CT molecular complexity index is 1980. The third-order valence-corrected chi connectivity index (χ3v) is 10.9. The van der Waals surface area contributed by atoms with Gasteiger partial charge in [0, 0.05) is 11.8 Å². The number of hydrogen-bond acceptors (Lipinski definition) is 16. The number of benzene rings is 3. The maximum atomic E-state index is 13.8. The minimum absolute atomic E-state index is 0.0337. The third kappa shape index (κ3) is 7.40. The second-order valence-electron chi connectivity index (χ2n) is 13.7. The molecule has 10 atom stereocenters. The molecule has 3 fully saturated rings. The molecular formula is C37H39O18P. The molecule has 0 unspecified atom stereocenters. The SMILES string of the molecule is COc1cc([C@@H]2c3cc4c(cc3[C@@H](O[C@@H]3O[C@@H]5CO[C@@H](C)O[C@H]5[C@H](OP(=O)(O)O)[C@H]3O)[C@H]3COC(=O)[C@H]23)OCO4)cc(OC)c1OC(=O)OCc1ccccc1. The van der Waals surface area contributed by atoms with Gasteiger partial charge in [0.2, 0.25) is 12.5 Å². The number of methoxy groups -OCH3 is 2. The first-order valence-corrected chi connectivity index (χ1v) is 19.2. The summed E-state index contributed by atoms with van der Waals surface area (Å²) in [5.41, 5.74) is 2.36. The summed E-state index contributed by atoms with van der Waals surface area (Å²) < 4.78 is 80.4. The minimum atomic E-state index is -5.14. The van der Waals surface area contributed by atoms with Gasteiger partial charge in [0.1, 0.15) is 31.0 Å². The fraction of sp³-hybridized carbons (Fsp3) is 0.459. The number of ether oxygens (including phenoxy) is 11. The van der Waals surface area contributed by atoms with Gasteiger partial charge in [-0.25, -0.2) is 9.36 Å². The van der Waals surface area contributed by atoms with Crippen LogP contribution in [0.15, 0.2) is 54.6 Å². The van der Waals surface area contributed by atoms with E-state index >= 15 is 0 Å². The Morgan fingerprint density at radius 2 is 1.62 bits per heavy atom. The molecule has 0 saturated carbocycles. The van der Waals surface area contributed by atoms with E-state index in [0.717, 1.165) is 5.56 Å². The standard InChI is InChI=1S/C37H39O18P/c1-17-46-15-27-33(51-17)34(55-56(41,42)43)30(38)36(52-27)53-31-21-12-24-23(49-16-50-24)11-20(21)28(29-22(31)14-47-35(29)39)19-9-25(44-2)32(26(10-19)45-3)54-37(40)48-13-18-7-5-4-6-8-18/h4-12,17,22,27-31,33-34,36,38H,13-16H2,1-3H3,(H2,41,42,43)/t17-,22+,27-,28-,29+,30-,31-,33-,34-,36+/m1/s1. The van der Waals surface area contributed by atoms with E-state index in [-0.39, 0.29) is 43.9 Å². The Morgan fingerprint density at radius 3 is 2.30 bits per heavy atom. The van der Waals surface area contributed by atoms with Gasteiger partial charge in [0.15, 0.2) is 35.6 Å². The van der Waals surface area contributed by atoms with Crippen molar-refractivity contribution in [1.82, 2.24) is 0 Å². The molecule has 3 saturated heterocycles. The van der Waals surface area contributed by atoms with Gasteiger partial charge >= 0.3 is 19.9 Å². The molecule has 4 heterocycles. The van der Waals surface area contributed by atoms with E-state index in [0.29, 0.717) is 28.2 Å². The summed E-state index contributed by atoms with van der Waals surface area (Å²) in [7, 11) is -2.37. The van der Waals surface area contributed by atoms with Gasteiger partial charge in [-0.2, -0.15) is 0 Å². The first-order valence-electron chi connectivity index (χ1n) is 17.7. The average molecular weight is 803 g/mol. The summed E-state index contributed by atoms with van der Waals surface area (Å²) in [5.74, 6) is -1.93. The van der Waals surface area contributed by atoms with Crippen LogP contribution in [-0.4, -0.2) is 98.2 Å². The number of carbonyl (C=O) groups excluding carboxylic acids is 2. The van der Waals surface area contributed by atoms with E-state index in [9.17, 15) is 29.0 Å². The number of rotatable bonds is 10. The van der Waals surface area contributed by atoms with Gasteiger partial charge in [-0.3, -0.25) is 9.32 Å². The van der Waals surface area contributed by atoms with Gasteiger partial charge in [0.25, 0.3) is 0 Å². The van der Waals surface area contributed by atoms with Crippen molar-refractivity contribution in [2.75, 3.05) is 34.2 Å². The van der Waals surface area contributed by atoms with E-state index in [1.54, 1.807) is 43.3 Å². The molecule has 3 N–H and O–H groups in total. The van der Waals surface area contributed by atoms with Crippen LogP contribution in [0.2, 0.25) is 0 Å². The van der Waals surface area contributed by atoms with Crippen molar-refractivity contribution < 1.29 is 85.7 Å². The second-order valence-corrected chi connectivity index (χ2v) is 14.9. The van der Waals surface area contributed by atoms with Crippen molar-refractivity contribution in [3.05, 3.63) is 76.9 Å². The number of cyclic esters (lactones) is 1. The van der Waals surface area contributed by atoms with E-state index < -0.39 is 80.8 Å². The molecule has 4 aliphatic heterocycles. The molecule has 0 aromatic heterocycles. The lowest BCUT2D eigenvalue weighted by atomic mass is 9.66. The molecule has 5 aliphatic rings. The van der Waals surface area contributed by atoms with Crippen molar-refractivity contribution in [3.8, 4) is 28.7 Å². The van der Waals surface area contributed by atoms with Gasteiger partial charge in [0.05, 0.1) is 39.5 Å². The summed E-state index contributed by atoms with van der Waals surface area (Å²) in [6.07, 6.45) is -9.71. The average Bonchev–Trinajstić information content (AvgIpc) is 3.81. The van der Waals surface area contributed by atoms with Crippen LogP contribution in [0.3, 0.4) is 0 Å². The molecule has 300 valence electrons. The lowest BCUT2D eigenvalue weighted by molar-refractivity contribution is -0.362. The number of hydrogen-bond donors (Lipinski definition) is 3. The zero-order valence-electron chi connectivity index (χ0n) is 30.2. The van der Waals surface area contributed by atoms with Gasteiger partial charge in [-0.1, -0.05) is 30.3 Å². The summed E-state index contributed by atoms with van der Waals surface area (Å²) in [6, 6.07) is 15.7. The van der Waals surface area contributed by atoms with Gasteiger partial charge < -0.3 is 67.0 Å². The third-order valence-electron chi connectivity index (χ3n) is 10.3. The molecule has 0 spiro atoms. The maximum Gasteiger partial charge on any atom is 0.514 e. The second kappa shape index (κ2) is 15.5. The van der Waals surface area contributed by atoms with Gasteiger partial charge in [-0.15, -0.1) is 0 Å². The number of phosphoric ester groups is 1. The van der Waals surface area contributed by atoms with Crippen LogP contribution in [-0.2, 0) is 48.9 Å². The van der Waals surface area contributed by atoms with Crippen molar-refractivity contribution in [3.63, 3.8) is 0 Å². The quantitative estimate of drug-likeness (QED) is 0.152. The highest BCUT2D eigenvalue weighted by Gasteiger charge is 2.57. The molecule has 0 amide bonds. The number of esters is 1. The van der Waals surface area contributed by atoms with Gasteiger partial charge in [-0.05, 0) is 53.4 Å². The molecule has 3 aromatic rings. The highest BCUT2D eigenvalue weighted by atomic mass is 31.2. The molecule has 56 heavy (non-hydrogen) atoms. The molecule has 0 radical (unpaired) electrons. The van der Waals surface area contributed by atoms with Crippen LogP contribution in [0.25, 0.3) is 0 Å². The number of aliphatic hydroxyl groups excluding tert-OH is 1. The van der Waals surface area contributed by atoms with Crippen molar-refractivity contribution >= 4 is 19.9 Å². The zero-order valence-corrected chi connectivity index (χ0v) is 31.1. The monoisotopic (exact) mass is 802 g/mol. The van der Waals surface area contributed by atoms with E-state index in [4.69, 9.17) is 56.6 Å². The molecule has 3 aromatic carbocycles. The van der Waals surface area contributed by atoms with E-state index in [2.05, 4.69) is 0 Å². The molecule has 0 bridgehead atoms. The van der Waals surface area contributed by atoms with Crippen LogP contribution in [0.4, 0.5) is 4.79 Å². The number of fused-ring (bicyclic) bond motifs is 4. The van der Waals surface area contributed by atoms with Crippen LogP contribution in [0.1, 0.15) is 41.2 Å². The number of carbonyl (C=O) groups is 2. The Hall–Kier alpha value is -4.49. The van der Waals surface area contributed by atoms with Crippen molar-refractivity contribution in [2.45, 2.75) is 62.5 Å². The summed E-state index contributed by atoms with van der Waals surface area (Å²) in [4.78, 5) is 46.1. The van der Waals surface area contributed by atoms with Crippen LogP contribution >= 0.6 is 7.82 Å². The largest absolute Gasteiger partial charge is 0.514 e. The summed E-state index contributed by atoms with van der Waals surface area (Å²) >= 11 is 0.